The highest BCUT2D eigenvalue weighted by Crippen LogP contribution is 2.39. The molecule has 1 unspecified atom stereocenters. The lowest BCUT2D eigenvalue weighted by molar-refractivity contribution is -0.155. The van der Waals surface area contributed by atoms with Crippen molar-refractivity contribution in [3.8, 4) is 0 Å². The standard InChI is InChI=1S/C13H16N2O4/c1-13(19,12(17)18)7-15-11(16)10-5-4-9(6-14-10)8-2-3-8/h4-6,8,19H,2-3,7H2,1H3,(H,15,16)(H,17,18). The van der Waals surface area contributed by atoms with E-state index in [0.29, 0.717) is 5.92 Å². The average molecular weight is 264 g/mol. The van der Waals surface area contributed by atoms with E-state index in [1.54, 1.807) is 12.3 Å². The van der Waals surface area contributed by atoms with E-state index < -0.39 is 17.5 Å². The Balaban J connectivity index is 1.94. The molecule has 0 aromatic carbocycles. The van der Waals surface area contributed by atoms with Gasteiger partial charge in [-0.1, -0.05) is 6.07 Å². The number of nitrogens with zero attached hydrogens (tertiary/aromatic N) is 1. The van der Waals surface area contributed by atoms with Gasteiger partial charge in [-0.25, -0.2) is 4.79 Å². The lowest BCUT2D eigenvalue weighted by Crippen LogP contribution is -2.46. The molecule has 1 aliphatic carbocycles. The number of nitrogens with one attached hydrogen (secondary N) is 1. The Morgan fingerprint density at radius 2 is 2.16 bits per heavy atom. The first-order chi connectivity index (χ1) is 8.90. The van der Waals surface area contributed by atoms with E-state index in [-0.39, 0.29) is 12.2 Å². The summed E-state index contributed by atoms with van der Waals surface area (Å²) in [5.74, 6) is -1.31. The van der Waals surface area contributed by atoms with Crippen LogP contribution in [0.25, 0.3) is 0 Å². The number of rotatable bonds is 5. The van der Waals surface area contributed by atoms with Crippen molar-refractivity contribution in [2.45, 2.75) is 31.3 Å². The van der Waals surface area contributed by atoms with E-state index in [9.17, 15) is 14.7 Å². The van der Waals surface area contributed by atoms with Crippen molar-refractivity contribution < 1.29 is 19.8 Å². The van der Waals surface area contributed by atoms with Gasteiger partial charge in [-0.2, -0.15) is 0 Å². The van der Waals surface area contributed by atoms with Crippen LogP contribution in [-0.2, 0) is 4.79 Å². The first-order valence-corrected chi connectivity index (χ1v) is 6.10. The Bertz CT molecular complexity index is 492. The zero-order valence-corrected chi connectivity index (χ0v) is 10.6. The van der Waals surface area contributed by atoms with Crippen LogP contribution in [-0.4, -0.2) is 39.2 Å². The average Bonchev–Trinajstić information content (AvgIpc) is 3.20. The van der Waals surface area contributed by atoms with Gasteiger partial charge in [0.25, 0.3) is 5.91 Å². The van der Waals surface area contributed by atoms with Crippen LogP contribution >= 0.6 is 0 Å². The summed E-state index contributed by atoms with van der Waals surface area (Å²) in [6, 6.07) is 3.47. The molecular weight excluding hydrogens is 248 g/mol. The molecule has 0 radical (unpaired) electrons. The fraction of sp³-hybridized carbons (Fsp3) is 0.462. The first kappa shape index (κ1) is 13.5. The summed E-state index contributed by atoms with van der Waals surface area (Å²) in [6.45, 7) is 0.756. The minimum atomic E-state index is -1.98. The molecule has 1 heterocycles. The van der Waals surface area contributed by atoms with E-state index in [0.717, 1.165) is 25.3 Å². The Hall–Kier alpha value is -1.95. The summed E-state index contributed by atoms with van der Waals surface area (Å²) in [5, 5.41) is 20.5. The quantitative estimate of drug-likeness (QED) is 0.720. The highest BCUT2D eigenvalue weighted by atomic mass is 16.4. The van der Waals surface area contributed by atoms with Gasteiger partial charge in [-0.05, 0) is 37.3 Å². The van der Waals surface area contributed by atoms with Crippen LogP contribution in [0.5, 0.6) is 0 Å². The van der Waals surface area contributed by atoms with Crippen molar-refractivity contribution in [2.24, 2.45) is 0 Å². The summed E-state index contributed by atoms with van der Waals surface area (Å²) in [7, 11) is 0. The van der Waals surface area contributed by atoms with Crippen LogP contribution in [0, 0.1) is 0 Å². The van der Waals surface area contributed by atoms with Gasteiger partial charge in [-0.15, -0.1) is 0 Å². The fourth-order valence-electron chi connectivity index (χ4n) is 1.62. The van der Waals surface area contributed by atoms with Crippen molar-refractivity contribution in [1.29, 1.82) is 0 Å². The zero-order chi connectivity index (χ0) is 14.0. The second-order valence-electron chi connectivity index (χ2n) is 5.01. The van der Waals surface area contributed by atoms with Gasteiger partial charge >= 0.3 is 5.97 Å². The van der Waals surface area contributed by atoms with Crippen molar-refractivity contribution >= 4 is 11.9 Å². The second kappa shape index (κ2) is 4.97. The molecule has 19 heavy (non-hydrogen) atoms. The van der Waals surface area contributed by atoms with Crippen LogP contribution in [0.15, 0.2) is 18.3 Å². The van der Waals surface area contributed by atoms with Crippen LogP contribution in [0.3, 0.4) is 0 Å². The Morgan fingerprint density at radius 1 is 1.47 bits per heavy atom. The monoisotopic (exact) mass is 264 g/mol. The number of carbonyl (C=O) groups excluding carboxylic acids is 1. The lowest BCUT2D eigenvalue weighted by Gasteiger charge is -2.18. The molecule has 6 heteroatoms. The normalized spacial score (nSPS) is 17.6. The molecule has 0 saturated heterocycles. The minimum absolute atomic E-state index is 0.214. The number of carboxylic acid groups (broad SMARTS) is 1. The minimum Gasteiger partial charge on any atom is -0.479 e. The molecule has 6 nitrogen and oxygen atoms in total. The van der Waals surface area contributed by atoms with Crippen LogP contribution < -0.4 is 5.32 Å². The van der Waals surface area contributed by atoms with Crippen molar-refractivity contribution in [1.82, 2.24) is 10.3 Å². The largest absolute Gasteiger partial charge is 0.479 e. The highest BCUT2D eigenvalue weighted by Gasteiger charge is 2.30. The molecule has 1 aliphatic rings. The predicted octanol–water partition coefficient (Wildman–Crippen LogP) is 0.524. The third kappa shape index (κ3) is 3.29. The Kier molecular flexibility index (Phi) is 3.53. The molecular formula is C13H16N2O4. The van der Waals surface area contributed by atoms with Crippen LogP contribution in [0.2, 0.25) is 0 Å². The van der Waals surface area contributed by atoms with E-state index in [1.807, 2.05) is 6.07 Å². The fourth-order valence-corrected chi connectivity index (χ4v) is 1.62. The molecule has 3 N–H and O–H groups in total. The number of aromatic nitrogens is 1. The Labute approximate surface area is 110 Å². The molecule has 102 valence electrons. The number of aliphatic hydroxyl groups is 1. The summed E-state index contributed by atoms with van der Waals surface area (Å²) >= 11 is 0. The Morgan fingerprint density at radius 3 is 2.63 bits per heavy atom. The number of aliphatic carboxylic acids is 1. The highest BCUT2D eigenvalue weighted by molar-refractivity contribution is 5.92. The van der Waals surface area contributed by atoms with Crippen molar-refractivity contribution in [3.05, 3.63) is 29.6 Å². The van der Waals surface area contributed by atoms with Gasteiger partial charge in [0, 0.05) is 6.20 Å². The first-order valence-electron chi connectivity index (χ1n) is 6.10. The molecule has 1 aromatic rings. The van der Waals surface area contributed by atoms with Crippen molar-refractivity contribution in [2.75, 3.05) is 6.54 Å². The molecule has 0 bridgehead atoms. The number of carbonyl (C=O) groups is 2. The number of hydrogen-bond donors (Lipinski definition) is 3. The number of carboxylic acids is 1. The molecule has 2 rings (SSSR count). The van der Waals surface area contributed by atoms with Gasteiger partial charge in [0.05, 0.1) is 6.54 Å². The van der Waals surface area contributed by atoms with Crippen LogP contribution in [0.1, 0.15) is 41.7 Å². The summed E-state index contributed by atoms with van der Waals surface area (Å²) in [6.07, 6.45) is 3.99. The third-order valence-electron chi connectivity index (χ3n) is 3.12. The second-order valence-corrected chi connectivity index (χ2v) is 5.01. The molecule has 1 atom stereocenters. The maximum Gasteiger partial charge on any atom is 0.337 e. The van der Waals surface area contributed by atoms with E-state index in [2.05, 4.69) is 10.3 Å². The molecule has 0 spiro atoms. The van der Waals surface area contributed by atoms with Crippen molar-refractivity contribution in [3.63, 3.8) is 0 Å². The van der Waals surface area contributed by atoms with E-state index in [1.165, 1.54) is 0 Å². The number of pyridine rings is 1. The van der Waals surface area contributed by atoms with E-state index in [4.69, 9.17) is 5.11 Å². The van der Waals surface area contributed by atoms with Gasteiger partial charge in [0.2, 0.25) is 0 Å². The number of amides is 1. The third-order valence-corrected chi connectivity index (χ3v) is 3.12. The molecule has 0 aliphatic heterocycles. The number of hydrogen-bond acceptors (Lipinski definition) is 4. The SMILES string of the molecule is CC(O)(CNC(=O)c1ccc(C2CC2)cn1)C(=O)O. The molecule has 1 amide bonds. The lowest BCUT2D eigenvalue weighted by atomic mass is 10.1. The topological polar surface area (TPSA) is 99.5 Å². The summed E-state index contributed by atoms with van der Waals surface area (Å²) in [5.41, 5.74) is -0.649. The van der Waals surface area contributed by atoms with Crippen LogP contribution in [0.4, 0.5) is 0 Å². The van der Waals surface area contributed by atoms with Gasteiger partial charge in [-0.3, -0.25) is 9.78 Å². The summed E-state index contributed by atoms with van der Waals surface area (Å²) < 4.78 is 0. The molecule has 1 saturated carbocycles. The van der Waals surface area contributed by atoms with Gasteiger partial charge in [0.15, 0.2) is 5.60 Å². The smallest absolute Gasteiger partial charge is 0.337 e. The van der Waals surface area contributed by atoms with E-state index >= 15 is 0 Å². The van der Waals surface area contributed by atoms with Gasteiger partial charge in [0.1, 0.15) is 5.69 Å². The molecule has 1 fully saturated rings. The zero-order valence-electron chi connectivity index (χ0n) is 10.6. The maximum atomic E-state index is 11.7. The summed E-state index contributed by atoms with van der Waals surface area (Å²) in [4.78, 5) is 26.5. The molecule has 1 aromatic heterocycles. The maximum absolute atomic E-state index is 11.7. The van der Waals surface area contributed by atoms with Gasteiger partial charge < -0.3 is 15.5 Å². The predicted molar refractivity (Wildman–Crippen MR) is 66.8 cm³/mol.